The van der Waals surface area contributed by atoms with Crippen molar-refractivity contribution in [3.8, 4) is 11.6 Å². The van der Waals surface area contributed by atoms with Gasteiger partial charge in [-0.1, -0.05) is 29.8 Å². The molecule has 0 saturated heterocycles. The van der Waals surface area contributed by atoms with Gasteiger partial charge < -0.3 is 10.5 Å². The maximum Gasteiger partial charge on any atom is 0.222 e. The summed E-state index contributed by atoms with van der Waals surface area (Å²) in [6.07, 6.45) is 1.51. The first-order valence-corrected chi connectivity index (χ1v) is 6.82. The highest BCUT2D eigenvalue weighted by atomic mass is 79.9. The number of hydrogen-bond acceptors (Lipinski definition) is 4. The van der Waals surface area contributed by atoms with Crippen molar-refractivity contribution in [3.63, 3.8) is 0 Å². The number of rotatable bonds is 3. The van der Waals surface area contributed by atoms with E-state index in [1.807, 2.05) is 25.1 Å². The quantitative estimate of drug-likeness (QED) is 0.866. The average molecular weight is 322 g/mol. The molecule has 1 heterocycles. The summed E-state index contributed by atoms with van der Waals surface area (Å²) in [6.45, 7) is 6.09. The Morgan fingerprint density at radius 3 is 2.58 bits per heavy atom. The van der Waals surface area contributed by atoms with Gasteiger partial charge in [0.25, 0.3) is 0 Å². The van der Waals surface area contributed by atoms with Gasteiger partial charge in [-0.2, -0.15) is 0 Å². The molecule has 2 aromatic rings. The largest absolute Gasteiger partial charge is 0.436 e. The van der Waals surface area contributed by atoms with Gasteiger partial charge in [0.1, 0.15) is 6.33 Å². The number of aryl methyl sites for hydroxylation is 1. The minimum Gasteiger partial charge on any atom is -0.436 e. The highest BCUT2D eigenvalue weighted by molar-refractivity contribution is 9.10. The molecule has 0 unspecified atom stereocenters. The SMILES string of the molecule is Cc1cc(Br)cc(N)c1Oc1cc(C(C)C)ncn1. The summed E-state index contributed by atoms with van der Waals surface area (Å²) in [5, 5.41) is 0. The zero-order chi connectivity index (χ0) is 14.0. The second-order valence-corrected chi connectivity index (χ2v) is 5.59. The molecule has 0 aliphatic rings. The summed E-state index contributed by atoms with van der Waals surface area (Å²) in [6, 6.07) is 5.61. The molecule has 5 heteroatoms. The molecule has 2 rings (SSSR count). The molecule has 0 atom stereocenters. The summed E-state index contributed by atoms with van der Waals surface area (Å²) in [7, 11) is 0. The van der Waals surface area contributed by atoms with Crippen LogP contribution >= 0.6 is 15.9 Å². The number of ether oxygens (including phenoxy) is 1. The first-order chi connectivity index (χ1) is 8.97. The Bertz CT molecular complexity index is 576. The molecule has 100 valence electrons. The van der Waals surface area contributed by atoms with Crippen LogP contribution in [0.4, 0.5) is 5.69 Å². The van der Waals surface area contributed by atoms with Gasteiger partial charge in [-0.15, -0.1) is 0 Å². The van der Waals surface area contributed by atoms with Gasteiger partial charge >= 0.3 is 0 Å². The maximum atomic E-state index is 5.97. The molecule has 2 N–H and O–H groups in total. The van der Waals surface area contributed by atoms with Crippen LogP contribution in [0.15, 0.2) is 29.0 Å². The molecule has 0 aliphatic carbocycles. The summed E-state index contributed by atoms with van der Waals surface area (Å²) < 4.78 is 6.72. The third-order valence-corrected chi connectivity index (χ3v) is 3.19. The Labute approximate surface area is 121 Å². The lowest BCUT2D eigenvalue weighted by molar-refractivity contribution is 0.458. The van der Waals surface area contributed by atoms with Crippen molar-refractivity contribution in [2.75, 3.05) is 5.73 Å². The predicted octanol–water partition coefficient (Wildman–Crippen LogP) is 4.05. The second kappa shape index (κ2) is 5.57. The fraction of sp³-hybridized carbons (Fsp3) is 0.286. The zero-order valence-electron chi connectivity index (χ0n) is 11.1. The third-order valence-electron chi connectivity index (χ3n) is 2.73. The number of halogens is 1. The second-order valence-electron chi connectivity index (χ2n) is 4.68. The first kappa shape index (κ1) is 13.8. The molecule has 0 bridgehead atoms. The number of benzene rings is 1. The lowest BCUT2D eigenvalue weighted by atomic mass is 10.1. The van der Waals surface area contributed by atoms with Crippen LogP contribution in [0.3, 0.4) is 0 Å². The highest BCUT2D eigenvalue weighted by Crippen LogP contribution is 2.33. The van der Waals surface area contributed by atoms with Crippen molar-refractivity contribution in [2.24, 2.45) is 0 Å². The lowest BCUT2D eigenvalue weighted by Gasteiger charge is -2.12. The summed E-state index contributed by atoms with van der Waals surface area (Å²) in [5.41, 5.74) is 8.45. The highest BCUT2D eigenvalue weighted by Gasteiger charge is 2.10. The number of nitrogens with zero attached hydrogens (tertiary/aromatic N) is 2. The van der Waals surface area contributed by atoms with Crippen molar-refractivity contribution < 1.29 is 4.74 Å². The standard InChI is InChI=1S/C14H16BrN3O/c1-8(2)12-6-13(18-7-17-12)19-14-9(3)4-10(15)5-11(14)16/h4-8H,16H2,1-3H3. The van der Waals surface area contributed by atoms with Crippen molar-refractivity contribution in [1.82, 2.24) is 9.97 Å². The Balaban J connectivity index is 2.34. The van der Waals surface area contributed by atoms with Gasteiger partial charge in [-0.05, 0) is 30.5 Å². The number of nitrogen functional groups attached to an aromatic ring is 1. The van der Waals surface area contributed by atoms with E-state index in [1.165, 1.54) is 6.33 Å². The monoisotopic (exact) mass is 321 g/mol. The Hall–Kier alpha value is -1.62. The Morgan fingerprint density at radius 1 is 1.21 bits per heavy atom. The fourth-order valence-corrected chi connectivity index (χ4v) is 2.31. The van der Waals surface area contributed by atoms with E-state index < -0.39 is 0 Å². The molecular formula is C14H16BrN3O. The summed E-state index contributed by atoms with van der Waals surface area (Å²) in [4.78, 5) is 8.33. The lowest BCUT2D eigenvalue weighted by Crippen LogP contribution is -1.99. The summed E-state index contributed by atoms with van der Waals surface area (Å²) >= 11 is 3.40. The molecule has 4 nitrogen and oxygen atoms in total. The van der Waals surface area contributed by atoms with Crippen LogP contribution in [0.2, 0.25) is 0 Å². The number of nitrogens with two attached hydrogens (primary N) is 1. The van der Waals surface area contributed by atoms with E-state index in [0.717, 1.165) is 15.7 Å². The number of hydrogen-bond donors (Lipinski definition) is 1. The molecule has 0 radical (unpaired) electrons. The minimum absolute atomic E-state index is 0.328. The van der Waals surface area contributed by atoms with Crippen LogP contribution in [0.5, 0.6) is 11.6 Å². The van der Waals surface area contributed by atoms with Crippen molar-refractivity contribution >= 4 is 21.6 Å². The third kappa shape index (κ3) is 3.23. The van der Waals surface area contributed by atoms with Gasteiger partial charge in [-0.25, -0.2) is 9.97 Å². The van der Waals surface area contributed by atoms with Crippen molar-refractivity contribution in [2.45, 2.75) is 26.7 Å². The van der Waals surface area contributed by atoms with E-state index in [2.05, 4.69) is 39.7 Å². The number of anilines is 1. The van der Waals surface area contributed by atoms with E-state index in [4.69, 9.17) is 10.5 Å². The summed E-state index contributed by atoms with van der Waals surface area (Å²) in [5.74, 6) is 1.47. The molecule has 0 amide bonds. The number of aromatic nitrogens is 2. The topological polar surface area (TPSA) is 61.0 Å². The van der Waals surface area contributed by atoms with E-state index in [9.17, 15) is 0 Å². The molecular weight excluding hydrogens is 306 g/mol. The molecule has 1 aromatic heterocycles. The Morgan fingerprint density at radius 2 is 1.95 bits per heavy atom. The minimum atomic E-state index is 0.328. The van der Waals surface area contributed by atoms with Crippen molar-refractivity contribution in [3.05, 3.63) is 40.3 Å². The molecule has 0 saturated carbocycles. The van der Waals surface area contributed by atoms with E-state index in [-0.39, 0.29) is 0 Å². The predicted molar refractivity (Wildman–Crippen MR) is 79.5 cm³/mol. The van der Waals surface area contributed by atoms with Gasteiger partial charge in [0.15, 0.2) is 5.75 Å². The van der Waals surface area contributed by atoms with E-state index in [1.54, 1.807) is 0 Å². The van der Waals surface area contributed by atoms with Gasteiger partial charge in [0, 0.05) is 10.5 Å². The zero-order valence-corrected chi connectivity index (χ0v) is 12.7. The van der Waals surface area contributed by atoms with Crippen LogP contribution in [-0.2, 0) is 0 Å². The van der Waals surface area contributed by atoms with Gasteiger partial charge in [-0.3, -0.25) is 0 Å². The van der Waals surface area contributed by atoms with Crippen LogP contribution in [0.1, 0.15) is 31.0 Å². The van der Waals surface area contributed by atoms with Crippen LogP contribution in [0, 0.1) is 6.92 Å². The van der Waals surface area contributed by atoms with Gasteiger partial charge in [0.05, 0.1) is 11.4 Å². The van der Waals surface area contributed by atoms with E-state index >= 15 is 0 Å². The molecule has 0 spiro atoms. The fourth-order valence-electron chi connectivity index (χ4n) is 1.72. The molecule has 19 heavy (non-hydrogen) atoms. The Kier molecular flexibility index (Phi) is 4.04. The molecule has 0 fully saturated rings. The van der Waals surface area contributed by atoms with Crippen LogP contribution in [0.25, 0.3) is 0 Å². The molecule has 0 aliphatic heterocycles. The van der Waals surface area contributed by atoms with Crippen LogP contribution < -0.4 is 10.5 Å². The molecule has 1 aromatic carbocycles. The normalized spacial score (nSPS) is 10.8. The van der Waals surface area contributed by atoms with Crippen molar-refractivity contribution in [1.29, 1.82) is 0 Å². The van der Waals surface area contributed by atoms with E-state index in [0.29, 0.717) is 23.2 Å². The maximum absolute atomic E-state index is 5.97. The average Bonchev–Trinajstić information content (AvgIpc) is 2.34. The first-order valence-electron chi connectivity index (χ1n) is 6.02. The van der Waals surface area contributed by atoms with Crippen LogP contribution in [-0.4, -0.2) is 9.97 Å². The smallest absolute Gasteiger partial charge is 0.222 e. The van der Waals surface area contributed by atoms with Gasteiger partial charge in [0.2, 0.25) is 5.88 Å².